The highest BCUT2D eigenvalue weighted by molar-refractivity contribution is 5.98. The molecule has 3 heterocycles. The van der Waals surface area contributed by atoms with Crippen LogP contribution in [0.5, 0.6) is 0 Å². The molecule has 0 spiro atoms. The monoisotopic (exact) mass is 392 g/mol. The summed E-state index contributed by atoms with van der Waals surface area (Å²) in [5.74, 6) is 1.46. The molecule has 1 aliphatic heterocycles. The quantitative estimate of drug-likeness (QED) is 0.632. The fourth-order valence-corrected chi connectivity index (χ4v) is 4.17. The maximum atomic E-state index is 12.1. The van der Waals surface area contributed by atoms with E-state index in [0.29, 0.717) is 18.5 Å². The zero-order valence-corrected chi connectivity index (χ0v) is 16.3. The van der Waals surface area contributed by atoms with Crippen LogP contribution >= 0.6 is 0 Å². The zero-order chi connectivity index (χ0) is 20.0. The predicted octanol–water partition coefficient (Wildman–Crippen LogP) is 2.77. The first kappa shape index (κ1) is 17.9. The number of amides is 1. The standard InChI is InChI=1S/C21H24N6O2/c1-26-12-13-11-15(7-10-17(13)20(26)29)23-21-24-19-4-2-3-18(27(19)25-21)22-14-5-8-16(28)9-6-14/h2-4,7,10-11,14,16,22,28H,5-6,8-9,12H2,1H3,(H,23,25)/t14-,16+. The second-order valence-corrected chi connectivity index (χ2v) is 7.92. The Bertz CT molecular complexity index is 1070. The Morgan fingerprint density at radius 1 is 1.14 bits per heavy atom. The van der Waals surface area contributed by atoms with Gasteiger partial charge in [-0.2, -0.15) is 9.50 Å². The highest BCUT2D eigenvalue weighted by atomic mass is 16.3. The Morgan fingerprint density at radius 3 is 2.79 bits per heavy atom. The van der Waals surface area contributed by atoms with Crippen molar-refractivity contribution >= 4 is 29.0 Å². The number of anilines is 3. The fourth-order valence-electron chi connectivity index (χ4n) is 4.17. The van der Waals surface area contributed by atoms with Crippen molar-refractivity contribution in [2.45, 2.75) is 44.4 Å². The minimum absolute atomic E-state index is 0.0587. The van der Waals surface area contributed by atoms with Crippen LogP contribution in [0.3, 0.4) is 0 Å². The number of carbonyl (C=O) groups excluding carboxylic acids is 1. The van der Waals surface area contributed by atoms with Crippen LogP contribution in [0.1, 0.15) is 41.6 Å². The molecular formula is C21H24N6O2. The summed E-state index contributed by atoms with van der Waals surface area (Å²) in [4.78, 5) is 18.3. The van der Waals surface area contributed by atoms with Gasteiger partial charge in [-0.25, -0.2) is 0 Å². The van der Waals surface area contributed by atoms with Gasteiger partial charge in [0.05, 0.1) is 6.10 Å². The number of carbonyl (C=O) groups is 1. The minimum Gasteiger partial charge on any atom is -0.393 e. The SMILES string of the molecule is CN1Cc2cc(Nc3nc4cccc(N[C@H]5CC[C@@H](O)CC5)n4n3)ccc2C1=O. The molecule has 3 aromatic rings. The molecular weight excluding hydrogens is 368 g/mol. The van der Waals surface area contributed by atoms with E-state index in [-0.39, 0.29) is 12.0 Å². The van der Waals surface area contributed by atoms with Gasteiger partial charge < -0.3 is 20.6 Å². The first-order chi connectivity index (χ1) is 14.1. The predicted molar refractivity (Wildman–Crippen MR) is 110 cm³/mol. The van der Waals surface area contributed by atoms with E-state index in [4.69, 9.17) is 0 Å². The number of pyridine rings is 1. The summed E-state index contributed by atoms with van der Waals surface area (Å²) in [5.41, 5.74) is 3.38. The zero-order valence-electron chi connectivity index (χ0n) is 16.3. The van der Waals surface area contributed by atoms with E-state index in [1.807, 2.05) is 36.4 Å². The summed E-state index contributed by atoms with van der Waals surface area (Å²) < 4.78 is 1.80. The summed E-state index contributed by atoms with van der Waals surface area (Å²) in [5, 5.41) is 21.1. The second-order valence-electron chi connectivity index (χ2n) is 7.92. The molecule has 0 atom stereocenters. The lowest BCUT2D eigenvalue weighted by Gasteiger charge is -2.26. The van der Waals surface area contributed by atoms with Crippen LogP contribution in [0.15, 0.2) is 36.4 Å². The smallest absolute Gasteiger partial charge is 0.254 e. The molecule has 0 unspecified atom stereocenters. The Labute approximate surface area is 168 Å². The van der Waals surface area contributed by atoms with Gasteiger partial charge in [0.15, 0.2) is 5.65 Å². The number of aliphatic hydroxyl groups is 1. The Hall–Kier alpha value is -3.13. The van der Waals surface area contributed by atoms with Gasteiger partial charge in [0.25, 0.3) is 5.91 Å². The molecule has 1 fully saturated rings. The molecule has 29 heavy (non-hydrogen) atoms. The van der Waals surface area contributed by atoms with Crippen LogP contribution in [0.25, 0.3) is 5.65 Å². The Balaban J connectivity index is 1.37. The third-order valence-corrected chi connectivity index (χ3v) is 5.75. The van der Waals surface area contributed by atoms with Gasteiger partial charge in [-0.3, -0.25) is 4.79 Å². The maximum Gasteiger partial charge on any atom is 0.254 e. The van der Waals surface area contributed by atoms with E-state index < -0.39 is 0 Å². The molecule has 0 saturated heterocycles. The average Bonchev–Trinajstić information content (AvgIpc) is 3.24. The summed E-state index contributed by atoms with van der Waals surface area (Å²) in [6, 6.07) is 11.9. The van der Waals surface area contributed by atoms with Crippen LogP contribution in [-0.2, 0) is 6.54 Å². The van der Waals surface area contributed by atoms with Crippen molar-refractivity contribution in [3.8, 4) is 0 Å². The number of fused-ring (bicyclic) bond motifs is 2. The van der Waals surface area contributed by atoms with E-state index in [1.54, 1.807) is 16.5 Å². The van der Waals surface area contributed by atoms with Crippen molar-refractivity contribution in [1.82, 2.24) is 19.5 Å². The molecule has 1 aliphatic carbocycles. The average molecular weight is 392 g/mol. The number of nitrogens with zero attached hydrogens (tertiary/aromatic N) is 4. The summed E-state index contributed by atoms with van der Waals surface area (Å²) >= 11 is 0. The highest BCUT2D eigenvalue weighted by Crippen LogP contribution is 2.27. The van der Waals surface area contributed by atoms with Gasteiger partial charge in [0.1, 0.15) is 5.82 Å². The summed E-state index contributed by atoms with van der Waals surface area (Å²) in [6.45, 7) is 0.617. The van der Waals surface area contributed by atoms with Gasteiger partial charge in [-0.15, -0.1) is 5.10 Å². The number of benzene rings is 1. The fraction of sp³-hybridized carbons (Fsp3) is 0.381. The van der Waals surface area contributed by atoms with Gasteiger partial charge in [0.2, 0.25) is 5.95 Å². The van der Waals surface area contributed by atoms with Gasteiger partial charge in [0, 0.05) is 30.9 Å². The normalized spacial score (nSPS) is 21.4. The van der Waals surface area contributed by atoms with Gasteiger partial charge in [-0.05, 0) is 61.6 Å². The molecule has 0 radical (unpaired) electrons. The lowest BCUT2D eigenvalue weighted by Crippen LogP contribution is -2.29. The second kappa shape index (κ2) is 7.04. The van der Waals surface area contributed by atoms with Crippen molar-refractivity contribution in [3.63, 3.8) is 0 Å². The number of rotatable bonds is 4. The number of nitrogens with one attached hydrogen (secondary N) is 2. The molecule has 1 amide bonds. The molecule has 0 bridgehead atoms. The molecule has 2 aromatic heterocycles. The summed E-state index contributed by atoms with van der Waals surface area (Å²) in [6.07, 6.45) is 3.37. The largest absolute Gasteiger partial charge is 0.393 e. The number of hydrogen-bond donors (Lipinski definition) is 3. The Morgan fingerprint density at radius 2 is 1.97 bits per heavy atom. The molecule has 5 rings (SSSR count). The van der Waals surface area contributed by atoms with Crippen LogP contribution in [-0.4, -0.2) is 49.7 Å². The summed E-state index contributed by atoms with van der Waals surface area (Å²) in [7, 11) is 1.81. The van der Waals surface area contributed by atoms with Crippen molar-refractivity contribution in [3.05, 3.63) is 47.5 Å². The van der Waals surface area contributed by atoms with Crippen LogP contribution < -0.4 is 10.6 Å². The number of aromatic nitrogens is 3. The lowest BCUT2D eigenvalue weighted by atomic mass is 9.93. The first-order valence-electron chi connectivity index (χ1n) is 10.0. The van der Waals surface area contributed by atoms with Crippen LogP contribution in [0, 0.1) is 0 Å². The molecule has 1 aromatic carbocycles. The van der Waals surface area contributed by atoms with E-state index in [0.717, 1.165) is 54.0 Å². The van der Waals surface area contributed by atoms with E-state index in [1.165, 1.54) is 0 Å². The van der Waals surface area contributed by atoms with E-state index in [9.17, 15) is 9.90 Å². The van der Waals surface area contributed by atoms with Gasteiger partial charge in [-0.1, -0.05) is 6.07 Å². The van der Waals surface area contributed by atoms with Crippen molar-refractivity contribution in [2.24, 2.45) is 0 Å². The van der Waals surface area contributed by atoms with Crippen LogP contribution in [0.2, 0.25) is 0 Å². The lowest BCUT2D eigenvalue weighted by molar-refractivity contribution is 0.0816. The number of aliphatic hydroxyl groups excluding tert-OH is 1. The van der Waals surface area contributed by atoms with E-state index >= 15 is 0 Å². The molecule has 2 aliphatic rings. The van der Waals surface area contributed by atoms with E-state index in [2.05, 4.69) is 20.7 Å². The van der Waals surface area contributed by atoms with Crippen molar-refractivity contribution < 1.29 is 9.90 Å². The molecule has 3 N–H and O–H groups in total. The third-order valence-electron chi connectivity index (χ3n) is 5.75. The molecule has 8 heteroatoms. The Kier molecular flexibility index (Phi) is 4.35. The minimum atomic E-state index is -0.173. The van der Waals surface area contributed by atoms with Crippen molar-refractivity contribution in [1.29, 1.82) is 0 Å². The maximum absolute atomic E-state index is 12.1. The topological polar surface area (TPSA) is 94.8 Å². The van der Waals surface area contributed by atoms with Crippen LogP contribution in [0.4, 0.5) is 17.5 Å². The molecule has 150 valence electrons. The first-order valence-corrected chi connectivity index (χ1v) is 10.0. The van der Waals surface area contributed by atoms with Gasteiger partial charge >= 0.3 is 0 Å². The van der Waals surface area contributed by atoms with Crippen molar-refractivity contribution in [2.75, 3.05) is 17.7 Å². The molecule has 1 saturated carbocycles. The third kappa shape index (κ3) is 3.40. The molecule has 8 nitrogen and oxygen atoms in total. The highest BCUT2D eigenvalue weighted by Gasteiger charge is 2.24. The number of hydrogen-bond acceptors (Lipinski definition) is 6.